The third kappa shape index (κ3) is 3.07. The molecule has 120 valence electrons. The molecule has 4 rings (SSSR count). The fourth-order valence-corrected chi connectivity index (χ4v) is 5.94. The van der Waals surface area contributed by atoms with E-state index in [1.807, 2.05) is 0 Å². The fourth-order valence-electron chi connectivity index (χ4n) is 5.94. The van der Waals surface area contributed by atoms with Gasteiger partial charge in [0.25, 0.3) is 0 Å². The summed E-state index contributed by atoms with van der Waals surface area (Å²) >= 11 is 0. The van der Waals surface area contributed by atoms with Crippen LogP contribution in [-0.4, -0.2) is 22.8 Å². The molecule has 2 heteroatoms. The maximum atomic E-state index is 10.9. The summed E-state index contributed by atoms with van der Waals surface area (Å²) in [7, 11) is 0. The van der Waals surface area contributed by atoms with Crippen LogP contribution in [0.4, 0.5) is 0 Å². The Hall–Kier alpha value is -0.340. The Kier molecular flexibility index (Phi) is 3.99. The van der Waals surface area contributed by atoms with Crippen LogP contribution in [0.5, 0.6) is 0 Å². The van der Waals surface area contributed by atoms with Crippen LogP contribution in [-0.2, 0) is 0 Å². The van der Waals surface area contributed by atoms with Gasteiger partial charge in [-0.15, -0.1) is 6.58 Å². The second-order valence-corrected chi connectivity index (χ2v) is 8.83. The molecule has 4 aliphatic rings. The van der Waals surface area contributed by atoms with E-state index in [-0.39, 0.29) is 5.60 Å². The van der Waals surface area contributed by atoms with Gasteiger partial charge in [0, 0.05) is 12.1 Å². The van der Waals surface area contributed by atoms with Crippen molar-refractivity contribution in [3.8, 4) is 0 Å². The Labute approximate surface area is 130 Å². The van der Waals surface area contributed by atoms with Crippen LogP contribution >= 0.6 is 0 Å². The van der Waals surface area contributed by atoms with Gasteiger partial charge in [0.1, 0.15) is 0 Å². The van der Waals surface area contributed by atoms with E-state index in [1.165, 1.54) is 31.3 Å². The van der Waals surface area contributed by atoms with Crippen LogP contribution in [0, 0.1) is 17.3 Å². The highest BCUT2D eigenvalue weighted by molar-refractivity contribution is 5.11. The standard InChI is InChI=1S/C19H33NO/c1-13(2)5-6-14(3)20-15(4)18-8-16-7-17(9-18)11-19(21,10-16)12-18/h14-17,20-21H,1,5-12H2,2-4H3. The van der Waals surface area contributed by atoms with Gasteiger partial charge in [-0.05, 0) is 89.4 Å². The third-order valence-electron chi connectivity index (χ3n) is 6.53. The van der Waals surface area contributed by atoms with Gasteiger partial charge < -0.3 is 10.4 Å². The molecule has 4 aliphatic carbocycles. The molecular weight excluding hydrogens is 258 g/mol. The third-order valence-corrected chi connectivity index (χ3v) is 6.53. The van der Waals surface area contributed by atoms with Crippen LogP contribution in [0.1, 0.15) is 72.1 Å². The maximum absolute atomic E-state index is 10.9. The van der Waals surface area contributed by atoms with Gasteiger partial charge >= 0.3 is 0 Å². The Balaban J connectivity index is 1.64. The quantitative estimate of drug-likeness (QED) is 0.724. The van der Waals surface area contributed by atoms with Crippen molar-refractivity contribution in [1.82, 2.24) is 5.32 Å². The molecule has 4 bridgehead atoms. The lowest BCUT2D eigenvalue weighted by atomic mass is 9.46. The van der Waals surface area contributed by atoms with E-state index < -0.39 is 0 Å². The first-order valence-corrected chi connectivity index (χ1v) is 8.93. The number of aliphatic hydroxyl groups is 1. The zero-order chi connectivity index (χ0) is 15.3. The van der Waals surface area contributed by atoms with Crippen LogP contribution in [0.2, 0.25) is 0 Å². The van der Waals surface area contributed by atoms with Crippen LogP contribution < -0.4 is 5.32 Å². The number of allylic oxidation sites excluding steroid dienone is 1. The SMILES string of the molecule is C=C(C)CCC(C)NC(C)C12CC3CC(CC(O)(C3)C1)C2. The molecule has 0 aromatic carbocycles. The smallest absolute Gasteiger partial charge is 0.0659 e. The Bertz CT molecular complexity index is 402. The second-order valence-electron chi connectivity index (χ2n) is 8.83. The van der Waals surface area contributed by atoms with E-state index in [0.717, 1.165) is 37.5 Å². The molecule has 4 unspecified atom stereocenters. The minimum Gasteiger partial charge on any atom is -0.390 e. The van der Waals surface area contributed by atoms with Gasteiger partial charge in [0.05, 0.1) is 5.60 Å². The van der Waals surface area contributed by atoms with Gasteiger partial charge in [0.15, 0.2) is 0 Å². The van der Waals surface area contributed by atoms with Crippen molar-refractivity contribution in [2.45, 2.75) is 89.8 Å². The van der Waals surface area contributed by atoms with Gasteiger partial charge in [-0.25, -0.2) is 0 Å². The molecule has 0 aromatic rings. The molecule has 4 saturated carbocycles. The fraction of sp³-hybridized carbons (Fsp3) is 0.895. The average Bonchev–Trinajstić information content (AvgIpc) is 2.33. The molecule has 0 saturated heterocycles. The van der Waals surface area contributed by atoms with Crippen LogP contribution in [0.3, 0.4) is 0 Å². The second kappa shape index (κ2) is 5.38. The zero-order valence-electron chi connectivity index (χ0n) is 14.1. The summed E-state index contributed by atoms with van der Waals surface area (Å²) in [6.45, 7) is 10.8. The highest BCUT2D eigenvalue weighted by Gasteiger charge is 2.58. The molecular formula is C19H33NO. The molecule has 4 atom stereocenters. The molecule has 0 spiro atoms. The summed E-state index contributed by atoms with van der Waals surface area (Å²) in [5, 5.41) is 14.7. The van der Waals surface area contributed by atoms with Crippen molar-refractivity contribution in [2.24, 2.45) is 17.3 Å². The van der Waals surface area contributed by atoms with Crippen molar-refractivity contribution >= 4 is 0 Å². The summed E-state index contributed by atoms with van der Waals surface area (Å²) in [6, 6.07) is 1.06. The predicted molar refractivity (Wildman–Crippen MR) is 88.2 cm³/mol. The normalized spacial score (nSPS) is 43.8. The first-order chi connectivity index (χ1) is 9.80. The van der Waals surface area contributed by atoms with Gasteiger partial charge in [0.2, 0.25) is 0 Å². The van der Waals surface area contributed by atoms with E-state index in [1.54, 1.807) is 0 Å². The summed E-state index contributed by atoms with van der Waals surface area (Å²) < 4.78 is 0. The molecule has 0 heterocycles. The zero-order valence-corrected chi connectivity index (χ0v) is 14.1. The van der Waals surface area contributed by atoms with Crippen LogP contribution in [0.15, 0.2) is 12.2 Å². The summed E-state index contributed by atoms with van der Waals surface area (Å²) in [5.41, 5.74) is 1.30. The molecule has 0 radical (unpaired) electrons. The minimum atomic E-state index is -0.332. The molecule has 2 N–H and O–H groups in total. The molecule has 0 aliphatic heterocycles. The van der Waals surface area contributed by atoms with Gasteiger partial charge in [-0.3, -0.25) is 0 Å². The molecule has 2 nitrogen and oxygen atoms in total. The lowest BCUT2D eigenvalue weighted by Gasteiger charge is -2.62. The Morgan fingerprint density at radius 2 is 1.86 bits per heavy atom. The monoisotopic (exact) mass is 291 g/mol. The highest BCUT2D eigenvalue weighted by Crippen LogP contribution is 2.62. The van der Waals surface area contributed by atoms with Crippen LogP contribution in [0.25, 0.3) is 0 Å². The number of hydrogen-bond acceptors (Lipinski definition) is 2. The largest absolute Gasteiger partial charge is 0.390 e. The summed E-state index contributed by atoms with van der Waals surface area (Å²) in [4.78, 5) is 0. The van der Waals surface area contributed by atoms with E-state index >= 15 is 0 Å². The lowest BCUT2D eigenvalue weighted by molar-refractivity contribution is -0.172. The molecule has 4 fully saturated rings. The summed E-state index contributed by atoms with van der Waals surface area (Å²) in [6.07, 6.45) is 9.53. The predicted octanol–water partition coefficient (Wildman–Crippen LogP) is 4.04. The Morgan fingerprint density at radius 3 is 2.38 bits per heavy atom. The van der Waals surface area contributed by atoms with Crippen molar-refractivity contribution in [1.29, 1.82) is 0 Å². The Morgan fingerprint density at radius 1 is 1.24 bits per heavy atom. The maximum Gasteiger partial charge on any atom is 0.0659 e. The number of nitrogens with one attached hydrogen (secondary N) is 1. The molecule has 0 amide bonds. The summed E-state index contributed by atoms with van der Waals surface area (Å²) in [5.74, 6) is 1.57. The van der Waals surface area contributed by atoms with E-state index in [9.17, 15) is 5.11 Å². The highest BCUT2D eigenvalue weighted by atomic mass is 16.3. The molecule has 21 heavy (non-hydrogen) atoms. The van der Waals surface area contributed by atoms with Crippen molar-refractivity contribution < 1.29 is 5.11 Å². The average molecular weight is 291 g/mol. The first kappa shape index (κ1) is 15.6. The van der Waals surface area contributed by atoms with Crippen molar-refractivity contribution in [3.05, 3.63) is 12.2 Å². The van der Waals surface area contributed by atoms with Crippen molar-refractivity contribution in [3.63, 3.8) is 0 Å². The minimum absolute atomic E-state index is 0.332. The van der Waals surface area contributed by atoms with Gasteiger partial charge in [-0.2, -0.15) is 0 Å². The number of rotatable bonds is 6. The van der Waals surface area contributed by atoms with Gasteiger partial charge in [-0.1, -0.05) is 5.57 Å². The van der Waals surface area contributed by atoms with E-state index in [0.29, 0.717) is 17.5 Å². The lowest BCUT2D eigenvalue weighted by Crippen LogP contribution is -2.61. The topological polar surface area (TPSA) is 32.3 Å². The van der Waals surface area contributed by atoms with E-state index in [2.05, 4.69) is 32.7 Å². The molecule has 0 aromatic heterocycles. The van der Waals surface area contributed by atoms with E-state index in [4.69, 9.17) is 0 Å². The first-order valence-electron chi connectivity index (χ1n) is 8.93. The van der Waals surface area contributed by atoms with Crippen molar-refractivity contribution in [2.75, 3.05) is 0 Å². The number of hydrogen-bond donors (Lipinski definition) is 2.